The predicted molar refractivity (Wildman–Crippen MR) is 182 cm³/mol. The largest absolute Gasteiger partial charge is 0.455 e. The molecule has 0 aliphatic heterocycles. The molecule has 7 aromatic rings. The van der Waals surface area contributed by atoms with Crippen molar-refractivity contribution in [2.24, 2.45) is 0 Å². The van der Waals surface area contributed by atoms with Crippen LogP contribution in [0.3, 0.4) is 0 Å². The van der Waals surface area contributed by atoms with Crippen LogP contribution in [0, 0.1) is 0 Å². The first-order valence-corrected chi connectivity index (χ1v) is 15.3. The lowest BCUT2D eigenvalue weighted by molar-refractivity contribution is 0.590. The average molecular weight is 576 g/mol. The molecule has 0 amide bonds. The van der Waals surface area contributed by atoms with Crippen LogP contribution in [0.15, 0.2) is 120 Å². The second kappa shape index (κ2) is 10.3. The van der Waals surface area contributed by atoms with Crippen molar-refractivity contribution in [2.75, 3.05) is 0 Å². The second-order valence-corrected chi connectivity index (χ2v) is 13.7. The fourth-order valence-electron chi connectivity index (χ4n) is 5.86. The van der Waals surface area contributed by atoms with E-state index in [1.807, 2.05) is 36.4 Å². The van der Waals surface area contributed by atoms with Crippen LogP contribution < -0.4 is 0 Å². The van der Waals surface area contributed by atoms with Gasteiger partial charge in [-0.15, -0.1) is 10.2 Å². The molecule has 0 atom stereocenters. The molecular weight excluding hydrogens is 538 g/mol. The Kier molecular flexibility index (Phi) is 6.55. The Bertz CT molecular complexity index is 2100. The summed E-state index contributed by atoms with van der Waals surface area (Å²) in [6.07, 6.45) is 0. The van der Waals surface area contributed by atoms with Crippen LogP contribution in [0.5, 0.6) is 0 Å². The summed E-state index contributed by atoms with van der Waals surface area (Å²) in [7, 11) is 0. The van der Waals surface area contributed by atoms with E-state index in [0.29, 0.717) is 0 Å². The van der Waals surface area contributed by atoms with Crippen molar-refractivity contribution >= 4 is 21.9 Å². The highest BCUT2D eigenvalue weighted by molar-refractivity contribution is 6.10. The van der Waals surface area contributed by atoms with E-state index < -0.39 is 0 Å². The number of benzene rings is 5. The summed E-state index contributed by atoms with van der Waals surface area (Å²) in [5.41, 5.74) is 9.70. The normalized spacial score (nSPS) is 12.3. The molecule has 2 aromatic heterocycles. The predicted octanol–water partition coefficient (Wildman–Crippen LogP) is 10.8. The maximum absolute atomic E-state index is 6.59. The smallest absolute Gasteiger partial charge is 0.168 e. The lowest BCUT2D eigenvalue weighted by Crippen LogP contribution is -2.11. The van der Waals surface area contributed by atoms with Gasteiger partial charge in [0.1, 0.15) is 11.2 Å². The summed E-state index contributed by atoms with van der Waals surface area (Å²) < 4.78 is 8.72. The Morgan fingerprint density at radius 1 is 0.523 bits per heavy atom. The molecule has 0 saturated carbocycles. The first-order valence-electron chi connectivity index (χ1n) is 15.3. The second-order valence-electron chi connectivity index (χ2n) is 13.7. The molecule has 218 valence electrons. The van der Waals surface area contributed by atoms with E-state index in [-0.39, 0.29) is 10.8 Å². The molecule has 0 fully saturated rings. The van der Waals surface area contributed by atoms with Gasteiger partial charge in [0.15, 0.2) is 11.6 Å². The van der Waals surface area contributed by atoms with Crippen LogP contribution >= 0.6 is 0 Å². The van der Waals surface area contributed by atoms with Gasteiger partial charge in [-0.2, -0.15) is 0 Å². The van der Waals surface area contributed by atoms with Crippen molar-refractivity contribution in [1.82, 2.24) is 14.8 Å². The SMILES string of the molecule is CC(C)(C)c1ccc2oc3c(-c4ccc(-c5nnc(-c6ccccc6)n5-c5ccccc5)cc4)cc(C(C)(C)C)cc3c2c1. The molecule has 0 saturated heterocycles. The summed E-state index contributed by atoms with van der Waals surface area (Å²) in [6.45, 7) is 13.6. The maximum Gasteiger partial charge on any atom is 0.168 e. The molecule has 5 aromatic carbocycles. The van der Waals surface area contributed by atoms with Gasteiger partial charge in [0, 0.05) is 33.2 Å². The molecule has 2 heterocycles. The maximum atomic E-state index is 6.59. The van der Waals surface area contributed by atoms with Gasteiger partial charge in [0.05, 0.1) is 0 Å². The highest BCUT2D eigenvalue weighted by Crippen LogP contribution is 2.41. The minimum Gasteiger partial charge on any atom is -0.455 e. The van der Waals surface area contributed by atoms with Crippen molar-refractivity contribution in [1.29, 1.82) is 0 Å². The van der Waals surface area contributed by atoms with E-state index in [2.05, 4.69) is 135 Å². The van der Waals surface area contributed by atoms with Crippen LogP contribution in [0.4, 0.5) is 0 Å². The Morgan fingerprint density at radius 3 is 1.68 bits per heavy atom. The fourth-order valence-corrected chi connectivity index (χ4v) is 5.86. The minimum atomic E-state index is -0.0198. The molecule has 0 bridgehead atoms. The number of rotatable bonds is 4. The Labute approximate surface area is 259 Å². The number of hydrogen-bond donors (Lipinski definition) is 0. The zero-order chi connectivity index (χ0) is 30.6. The fraction of sp³-hybridized carbons (Fsp3) is 0.200. The van der Waals surface area contributed by atoms with Gasteiger partial charge in [-0.3, -0.25) is 4.57 Å². The van der Waals surface area contributed by atoms with Gasteiger partial charge in [-0.1, -0.05) is 120 Å². The topological polar surface area (TPSA) is 43.9 Å². The van der Waals surface area contributed by atoms with Crippen LogP contribution in [-0.2, 0) is 10.8 Å². The van der Waals surface area contributed by atoms with E-state index in [4.69, 9.17) is 4.42 Å². The van der Waals surface area contributed by atoms with Crippen molar-refractivity contribution in [2.45, 2.75) is 52.4 Å². The zero-order valence-corrected chi connectivity index (χ0v) is 26.2. The molecule has 44 heavy (non-hydrogen) atoms. The van der Waals surface area contributed by atoms with Crippen molar-refractivity contribution in [3.63, 3.8) is 0 Å². The number of fused-ring (bicyclic) bond motifs is 3. The van der Waals surface area contributed by atoms with Crippen LogP contribution in [-0.4, -0.2) is 14.8 Å². The van der Waals surface area contributed by atoms with Crippen LogP contribution in [0.2, 0.25) is 0 Å². The third kappa shape index (κ3) is 4.90. The van der Waals surface area contributed by atoms with Crippen molar-refractivity contribution < 1.29 is 4.42 Å². The van der Waals surface area contributed by atoms with E-state index in [9.17, 15) is 0 Å². The van der Waals surface area contributed by atoms with E-state index in [1.165, 1.54) is 16.5 Å². The Morgan fingerprint density at radius 2 is 1.07 bits per heavy atom. The van der Waals surface area contributed by atoms with Gasteiger partial charge in [-0.25, -0.2) is 0 Å². The standard InChI is InChI=1S/C40H37N3O/c1-39(2,3)29-21-22-35-33(23-29)34-25-30(40(4,5)6)24-32(36(34)44-35)26-17-19-28(20-18-26)38-42-41-37(27-13-9-7-10-14-27)43(38)31-15-11-8-12-16-31/h7-25H,1-6H3. The van der Waals surface area contributed by atoms with Crippen molar-refractivity contribution in [3.05, 3.63) is 126 Å². The number of para-hydroxylation sites is 1. The highest BCUT2D eigenvalue weighted by Gasteiger charge is 2.23. The third-order valence-electron chi connectivity index (χ3n) is 8.47. The average Bonchev–Trinajstić information content (AvgIpc) is 3.63. The summed E-state index contributed by atoms with van der Waals surface area (Å²) >= 11 is 0. The molecule has 7 rings (SSSR count). The first kappa shape index (κ1) is 27.8. The summed E-state index contributed by atoms with van der Waals surface area (Å²) in [4.78, 5) is 0. The highest BCUT2D eigenvalue weighted by atomic mass is 16.3. The number of furan rings is 1. The molecule has 0 N–H and O–H groups in total. The van der Waals surface area contributed by atoms with Crippen LogP contribution in [0.1, 0.15) is 52.7 Å². The van der Waals surface area contributed by atoms with Gasteiger partial charge in [0.25, 0.3) is 0 Å². The summed E-state index contributed by atoms with van der Waals surface area (Å²) in [5.74, 6) is 1.61. The van der Waals surface area contributed by atoms with Gasteiger partial charge in [0.2, 0.25) is 0 Å². The number of aromatic nitrogens is 3. The minimum absolute atomic E-state index is 0.0198. The first-order chi connectivity index (χ1) is 21.1. The zero-order valence-electron chi connectivity index (χ0n) is 26.2. The Balaban J connectivity index is 1.38. The molecular formula is C40H37N3O. The lowest BCUT2D eigenvalue weighted by atomic mass is 9.83. The van der Waals surface area contributed by atoms with Gasteiger partial charge < -0.3 is 4.42 Å². The molecule has 0 aliphatic carbocycles. The van der Waals surface area contributed by atoms with Crippen molar-refractivity contribution in [3.8, 4) is 39.6 Å². The third-order valence-corrected chi connectivity index (χ3v) is 8.47. The van der Waals surface area contributed by atoms with Crippen LogP contribution in [0.25, 0.3) is 61.5 Å². The molecule has 0 spiro atoms. The monoisotopic (exact) mass is 575 g/mol. The number of hydrogen-bond acceptors (Lipinski definition) is 3. The quantitative estimate of drug-likeness (QED) is 0.210. The molecule has 0 aliphatic rings. The van der Waals surface area contributed by atoms with E-state index in [1.54, 1.807) is 0 Å². The lowest BCUT2D eigenvalue weighted by Gasteiger charge is -2.21. The van der Waals surface area contributed by atoms with E-state index >= 15 is 0 Å². The summed E-state index contributed by atoms with van der Waals surface area (Å²) in [5, 5.41) is 11.7. The molecule has 4 heteroatoms. The van der Waals surface area contributed by atoms with Gasteiger partial charge in [-0.05, 0) is 63.9 Å². The van der Waals surface area contributed by atoms with Gasteiger partial charge >= 0.3 is 0 Å². The Hall–Kier alpha value is -4.96. The molecule has 0 radical (unpaired) electrons. The molecule has 0 unspecified atom stereocenters. The summed E-state index contributed by atoms with van der Waals surface area (Å²) in [6, 6.07) is 40.4. The number of nitrogens with zero attached hydrogens (tertiary/aromatic N) is 3. The molecule has 4 nitrogen and oxygen atoms in total. The van der Waals surface area contributed by atoms with E-state index in [0.717, 1.165) is 56.1 Å².